The fraction of sp³-hybridized carbons (Fsp3) is 0.899. The number of hydrogen-bond donors (Lipinski definition) is 1. The van der Waals surface area contributed by atoms with Crippen molar-refractivity contribution in [3.63, 3.8) is 0 Å². The Morgan fingerprint density at radius 1 is 0.274 bits per heavy atom. The molecule has 1 unspecified atom stereocenters. The van der Waals surface area contributed by atoms with Gasteiger partial charge in [-0.05, 0) is 51.4 Å². The van der Waals surface area contributed by atoms with Gasteiger partial charge < -0.3 is 14.6 Å². The molecule has 0 radical (unpaired) electrons. The Labute approximate surface area is 526 Å². The van der Waals surface area contributed by atoms with Crippen LogP contribution in [-0.2, 0) is 19.1 Å². The molecular weight excluding hydrogens is 1030 g/mol. The maximum absolute atomic E-state index is 12.4. The van der Waals surface area contributed by atoms with Crippen LogP contribution in [0, 0.1) is 0 Å². The molecule has 0 aliphatic rings. The zero-order valence-electron chi connectivity index (χ0n) is 57.2. The third-order valence-electron chi connectivity index (χ3n) is 17.9. The van der Waals surface area contributed by atoms with E-state index in [9.17, 15) is 14.7 Å². The van der Waals surface area contributed by atoms with Crippen LogP contribution in [0.2, 0.25) is 0 Å². The van der Waals surface area contributed by atoms with Crippen LogP contribution in [0.15, 0.2) is 36.5 Å². The Morgan fingerprint density at radius 3 is 0.714 bits per heavy atom. The lowest BCUT2D eigenvalue weighted by molar-refractivity contribution is -0.161. The van der Waals surface area contributed by atoms with Crippen LogP contribution in [0.3, 0.4) is 0 Å². The molecule has 0 aliphatic heterocycles. The SMILES string of the molecule is CCCCCCC/C=C\C/C=C\C/C=C\CCCCCCCCCCCCCCCCCCCCCCCCCCCCC(=O)OC(CO)COC(=O)CCCCCCCCCCCCCCCCCCCCCCCCCCCCCCC. The van der Waals surface area contributed by atoms with Crippen molar-refractivity contribution in [3.8, 4) is 0 Å². The Hall–Kier alpha value is -1.88. The molecule has 0 aromatic rings. The van der Waals surface area contributed by atoms with Crippen molar-refractivity contribution in [1.82, 2.24) is 0 Å². The Bertz CT molecular complexity index is 1340. The van der Waals surface area contributed by atoms with Crippen molar-refractivity contribution in [2.75, 3.05) is 13.2 Å². The summed E-state index contributed by atoms with van der Waals surface area (Å²) in [5, 5.41) is 9.72. The number of carbonyl (C=O) groups excluding carboxylic acids is 2. The number of esters is 2. The molecule has 496 valence electrons. The highest BCUT2D eigenvalue weighted by Gasteiger charge is 2.16. The Kier molecular flexibility index (Phi) is 73.7. The molecule has 5 heteroatoms. The van der Waals surface area contributed by atoms with E-state index < -0.39 is 6.10 Å². The quantitative estimate of drug-likeness (QED) is 0.0373. The van der Waals surface area contributed by atoms with Crippen molar-refractivity contribution in [2.45, 2.75) is 444 Å². The standard InChI is InChI=1S/C79H150O5/c1-3-5-7-9-11-13-15-17-19-21-23-25-27-29-31-33-34-35-36-37-38-39-40-41-42-43-44-46-48-50-52-54-56-58-60-62-64-66-68-70-72-74-79(82)84-77(75-80)76-83-78(81)73-71-69-67-65-63-61-59-57-55-53-51-49-47-45-32-30-28-26-24-22-20-18-16-14-12-10-8-6-4-2/h15,17,21,23,27,29,77,80H,3-14,16,18-20,22,24-26,28,30-76H2,1-2H3/b17-15-,23-21-,29-27-. The van der Waals surface area contributed by atoms with Crippen LogP contribution >= 0.6 is 0 Å². The van der Waals surface area contributed by atoms with E-state index in [1.165, 1.54) is 366 Å². The molecule has 0 fully saturated rings. The Balaban J connectivity index is 3.36. The molecule has 0 aliphatic carbocycles. The van der Waals surface area contributed by atoms with Gasteiger partial charge in [0, 0.05) is 12.8 Å². The van der Waals surface area contributed by atoms with Crippen molar-refractivity contribution in [2.24, 2.45) is 0 Å². The van der Waals surface area contributed by atoms with E-state index in [0.717, 1.165) is 44.9 Å². The van der Waals surface area contributed by atoms with Crippen molar-refractivity contribution >= 4 is 11.9 Å². The van der Waals surface area contributed by atoms with E-state index in [1.807, 2.05) is 0 Å². The number of allylic oxidation sites excluding steroid dienone is 6. The van der Waals surface area contributed by atoms with Crippen LogP contribution in [0.1, 0.15) is 438 Å². The number of aliphatic hydroxyl groups is 1. The molecule has 0 spiro atoms. The number of hydrogen-bond acceptors (Lipinski definition) is 5. The summed E-state index contributed by atoms with van der Waals surface area (Å²) in [5.74, 6) is -0.561. The third kappa shape index (κ3) is 72.6. The van der Waals surface area contributed by atoms with Gasteiger partial charge in [-0.2, -0.15) is 0 Å². The van der Waals surface area contributed by atoms with Crippen molar-refractivity contribution < 1.29 is 24.2 Å². The van der Waals surface area contributed by atoms with E-state index in [2.05, 4.69) is 50.3 Å². The lowest BCUT2D eigenvalue weighted by Gasteiger charge is -2.15. The largest absolute Gasteiger partial charge is 0.462 e. The first-order chi connectivity index (χ1) is 41.6. The summed E-state index contributed by atoms with van der Waals surface area (Å²) in [6.45, 7) is 4.20. The molecular formula is C79H150O5. The molecule has 84 heavy (non-hydrogen) atoms. The van der Waals surface area contributed by atoms with E-state index in [0.29, 0.717) is 12.8 Å². The van der Waals surface area contributed by atoms with Gasteiger partial charge in [-0.25, -0.2) is 0 Å². The van der Waals surface area contributed by atoms with Crippen LogP contribution in [0.25, 0.3) is 0 Å². The molecule has 0 amide bonds. The molecule has 0 bridgehead atoms. The average Bonchev–Trinajstić information content (AvgIpc) is 3.51. The fourth-order valence-corrected chi connectivity index (χ4v) is 12.2. The topological polar surface area (TPSA) is 72.8 Å². The number of aliphatic hydroxyl groups excluding tert-OH is 1. The lowest BCUT2D eigenvalue weighted by Crippen LogP contribution is -2.28. The van der Waals surface area contributed by atoms with Gasteiger partial charge in [-0.1, -0.05) is 410 Å². The van der Waals surface area contributed by atoms with Gasteiger partial charge in [-0.15, -0.1) is 0 Å². The highest BCUT2D eigenvalue weighted by Crippen LogP contribution is 2.20. The monoisotopic (exact) mass is 1180 g/mol. The Morgan fingerprint density at radius 2 is 0.476 bits per heavy atom. The lowest BCUT2D eigenvalue weighted by atomic mass is 10.0. The molecule has 5 nitrogen and oxygen atoms in total. The minimum absolute atomic E-state index is 0.0574. The summed E-state index contributed by atoms with van der Waals surface area (Å²) in [5.41, 5.74) is 0. The second-order valence-electron chi connectivity index (χ2n) is 26.4. The minimum Gasteiger partial charge on any atom is -0.462 e. The maximum atomic E-state index is 12.4. The van der Waals surface area contributed by atoms with E-state index in [-0.39, 0.29) is 25.2 Å². The molecule has 0 rings (SSSR count). The minimum atomic E-state index is -0.769. The summed E-state index contributed by atoms with van der Waals surface area (Å²) < 4.78 is 10.8. The van der Waals surface area contributed by atoms with Gasteiger partial charge in [-0.3, -0.25) is 9.59 Å². The number of rotatable bonds is 73. The van der Waals surface area contributed by atoms with E-state index in [4.69, 9.17) is 9.47 Å². The molecule has 0 saturated carbocycles. The highest BCUT2D eigenvalue weighted by molar-refractivity contribution is 5.70. The van der Waals surface area contributed by atoms with Gasteiger partial charge >= 0.3 is 11.9 Å². The van der Waals surface area contributed by atoms with Gasteiger partial charge in [0.1, 0.15) is 6.61 Å². The predicted octanol–water partition coefficient (Wildman–Crippen LogP) is 26.9. The van der Waals surface area contributed by atoms with Gasteiger partial charge in [0.05, 0.1) is 6.61 Å². The second-order valence-corrected chi connectivity index (χ2v) is 26.4. The summed E-state index contributed by atoms with van der Waals surface area (Å²) in [4.78, 5) is 24.7. The van der Waals surface area contributed by atoms with Crippen LogP contribution < -0.4 is 0 Å². The predicted molar refractivity (Wildman–Crippen MR) is 371 cm³/mol. The summed E-state index contributed by atoms with van der Waals surface area (Å²) in [6.07, 6.45) is 101. The maximum Gasteiger partial charge on any atom is 0.306 e. The van der Waals surface area contributed by atoms with Gasteiger partial charge in [0.25, 0.3) is 0 Å². The van der Waals surface area contributed by atoms with E-state index in [1.54, 1.807) is 0 Å². The highest BCUT2D eigenvalue weighted by atomic mass is 16.6. The first-order valence-electron chi connectivity index (χ1n) is 38.5. The first-order valence-corrected chi connectivity index (χ1v) is 38.5. The van der Waals surface area contributed by atoms with Crippen molar-refractivity contribution in [3.05, 3.63) is 36.5 Å². The van der Waals surface area contributed by atoms with Gasteiger partial charge in [0.15, 0.2) is 6.10 Å². The zero-order valence-corrected chi connectivity index (χ0v) is 57.2. The number of ether oxygens (including phenoxy) is 2. The summed E-state index contributed by atoms with van der Waals surface area (Å²) in [6, 6.07) is 0. The number of unbranched alkanes of at least 4 members (excludes halogenated alkanes) is 59. The average molecular weight is 1180 g/mol. The summed E-state index contributed by atoms with van der Waals surface area (Å²) >= 11 is 0. The fourth-order valence-electron chi connectivity index (χ4n) is 12.2. The molecule has 0 aromatic heterocycles. The van der Waals surface area contributed by atoms with Crippen LogP contribution in [0.5, 0.6) is 0 Å². The smallest absolute Gasteiger partial charge is 0.306 e. The summed E-state index contributed by atoms with van der Waals surface area (Å²) in [7, 11) is 0. The second kappa shape index (κ2) is 75.4. The van der Waals surface area contributed by atoms with Crippen molar-refractivity contribution in [1.29, 1.82) is 0 Å². The number of carbonyl (C=O) groups is 2. The normalized spacial score (nSPS) is 12.3. The third-order valence-corrected chi connectivity index (χ3v) is 17.9. The molecule has 0 heterocycles. The van der Waals surface area contributed by atoms with E-state index >= 15 is 0 Å². The van der Waals surface area contributed by atoms with Crippen LogP contribution in [0.4, 0.5) is 0 Å². The van der Waals surface area contributed by atoms with Crippen LogP contribution in [-0.4, -0.2) is 36.4 Å². The first kappa shape index (κ1) is 82.1. The zero-order chi connectivity index (χ0) is 60.5. The van der Waals surface area contributed by atoms with Gasteiger partial charge in [0.2, 0.25) is 0 Å². The molecule has 1 N–H and O–H groups in total. The molecule has 0 saturated heterocycles. The molecule has 0 aromatic carbocycles. The molecule has 1 atom stereocenters.